The summed E-state index contributed by atoms with van der Waals surface area (Å²) in [6.45, 7) is 3.58. The minimum Gasteiger partial charge on any atom is -0.495 e. The molecule has 0 unspecified atom stereocenters. The summed E-state index contributed by atoms with van der Waals surface area (Å²) in [6, 6.07) is 10.6. The smallest absolute Gasteiger partial charge is 0.313 e. The molecule has 1 atom stereocenters. The first-order valence-electron chi connectivity index (χ1n) is 7.42. The maximum atomic E-state index is 12.9. The Kier molecular flexibility index (Phi) is 5.52. The molecule has 2 rings (SSSR count). The van der Waals surface area contributed by atoms with Gasteiger partial charge < -0.3 is 15.4 Å². The zero-order valence-electron chi connectivity index (χ0n) is 13.7. The zero-order valence-corrected chi connectivity index (χ0v) is 13.7. The topological polar surface area (TPSA) is 67.4 Å². The molecule has 0 heterocycles. The van der Waals surface area contributed by atoms with Gasteiger partial charge >= 0.3 is 11.8 Å². The van der Waals surface area contributed by atoms with Crippen molar-refractivity contribution in [3.63, 3.8) is 0 Å². The maximum absolute atomic E-state index is 12.9. The Bertz CT molecular complexity index is 744. The number of carbonyl (C=O) groups is 2. The van der Waals surface area contributed by atoms with Crippen LogP contribution in [0, 0.1) is 12.7 Å². The highest BCUT2D eigenvalue weighted by molar-refractivity contribution is 6.39. The van der Waals surface area contributed by atoms with Crippen molar-refractivity contribution in [2.24, 2.45) is 0 Å². The van der Waals surface area contributed by atoms with Gasteiger partial charge in [-0.15, -0.1) is 0 Å². The lowest BCUT2D eigenvalue weighted by molar-refractivity contribution is -0.136. The second-order valence-electron chi connectivity index (χ2n) is 5.40. The summed E-state index contributed by atoms with van der Waals surface area (Å²) in [4.78, 5) is 24.1. The average Bonchev–Trinajstić information content (AvgIpc) is 2.55. The standard InChI is InChI=1S/C18H19FN2O3/c1-11-4-9-16(24-3)15(10-11)21-18(23)17(22)20-12(2)13-5-7-14(19)8-6-13/h4-10,12H,1-3H3,(H,20,22)(H,21,23)/t12-/m1/s1. The minimum absolute atomic E-state index is 0.360. The number of hydrogen-bond acceptors (Lipinski definition) is 3. The fraction of sp³-hybridized carbons (Fsp3) is 0.222. The van der Waals surface area contributed by atoms with E-state index in [-0.39, 0.29) is 5.82 Å². The quantitative estimate of drug-likeness (QED) is 0.847. The van der Waals surface area contributed by atoms with Crippen molar-refractivity contribution in [2.75, 3.05) is 12.4 Å². The SMILES string of the molecule is COc1ccc(C)cc1NC(=O)C(=O)N[C@H](C)c1ccc(F)cc1. The molecule has 6 heteroatoms. The molecule has 0 aliphatic carbocycles. The van der Waals surface area contributed by atoms with Gasteiger partial charge in [0.1, 0.15) is 11.6 Å². The molecule has 0 bridgehead atoms. The second-order valence-corrected chi connectivity index (χ2v) is 5.40. The third-order valence-corrected chi connectivity index (χ3v) is 3.53. The lowest BCUT2D eigenvalue weighted by atomic mass is 10.1. The van der Waals surface area contributed by atoms with E-state index in [9.17, 15) is 14.0 Å². The van der Waals surface area contributed by atoms with E-state index in [2.05, 4.69) is 10.6 Å². The molecule has 0 spiro atoms. The molecule has 0 aliphatic heterocycles. The zero-order chi connectivity index (χ0) is 17.7. The Morgan fingerprint density at radius 1 is 1.08 bits per heavy atom. The Morgan fingerprint density at radius 2 is 1.75 bits per heavy atom. The molecule has 0 saturated heterocycles. The molecule has 0 radical (unpaired) electrons. The van der Waals surface area contributed by atoms with E-state index in [1.54, 1.807) is 31.2 Å². The monoisotopic (exact) mass is 330 g/mol. The minimum atomic E-state index is -0.798. The number of methoxy groups -OCH3 is 1. The van der Waals surface area contributed by atoms with Gasteiger partial charge in [-0.1, -0.05) is 18.2 Å². The van der Waals surface area contributed by atoms with Crippen molar-refractivity contribution in [3.05, 3.63) is 59.4 Å². The molecule has 24 heavy (non-hydrogen) atoms. The van der Waals surface area contributed by atoms with Gasteiger partial charge in [0.25, 0.3) is 0 Å². The third-order valence-electron chi connectivity index (χ3n) is 3.53. The summed E-state index contributed by atoms with van der Waals surface area (Å²) in [5, 5.41) is 5.11. The van der Waals surface area contributed by atoms with Crippen molar-refractivity contribution in [1.29, 1.82) is 0 Å². The van der Waals surface area contributed by atoms with Crippen LogP contribution in [0.5, 0.6) is 5.75 Å². The lowest BCUT2D eigenvalue weighted by Gasteiger charge is -2.15. The van der Waals surface area contributed by atoms with Crippen molar-refractivity contribution in [1.82, 2.24) is 5.32 Å². The molecule has 0 fully saturated rings. The molecule has 0 saturated carbocycles. The first kappa shape index (κ1) is 17.5. The number of rotatable bonds is 4. The fourth-order valence-corrected chi connectivity index (χ4v) is 2.20. The molecule has 2 aromatic rings. The van der Waals surface area contributed by atoms with Crippen LogP contribution in [0.15, 0.2) is 42.5 Å². The van der Waals surface area contributed by atoms with Gasteiger partial charge in [-0.2, -0.15) is 0 Å². The van der Waals surface area contributed by atoms with Gasteiger partial charge in [-0.3, -0.25) is 9.59 Å². The lowest BCUT2D eigenvalue weighted by Crippen LogP contribution is -2.37. The van der Waals surface area contributed by atoms with Crippen LogP contribution in [-0.2, 0) is 9.59 Å². The Hall–Kier alpha value is -2.89. The Morgan fingerprint density at radius 3 is 2.38 bits per heavy atom. The Labute approximate surface area is 139 Å². The van der Waals surface area contributed by atoms with Crippen LogP contribution < -0.4 is 15.4 Å². The van der Waals surface area contributed by atoms with E-state index in [4.69, 9.17) is 4.74 Å². The van der Waals surface area contributed by atoms with Crippen molar-refractivity contribution < 1.29 is 18.7 Å². The van der Waals surface area contributed by atoms with Crippen LogP contribution >= 0.6 is 0 Å². The predicted octanol–water partition coefficient (Wildman–Crippen LogP) is 2.96. The summed E-state index contributed by atoms with van der Waals surface area (Å²) in [5.74, 6) is -1.47. The molecule has 2 N–H and O–H groups in total. The molecule has 126 valence electrons. The maximum Gasteiger partial charge on any atom is 0.313 e. The third kappa shape index (κ3) is 4.32. The number of aryl methyl sites for hydroxylation is 1. The van der Waals surface area contributed by atoms with E-state index in [0.717, 1.165) is 5.56 Å². The van der Waals surface area contributed by atoms with E-state index in [0.29, 0.717) is 17.0 Å². The van der Waals surface area contributed by atoms with E-state index < -0.39 is 17.9 Å². The van der Waals surface area contributed by atoms with Gasteiger partial charge in [-0.25, -0.2) is 4.39 Å². The van der Waals surface area contributed by atoms with Crippen LogP contribution in [0.25, 0.3) is 0 Å². The number of nitrogens with one attached hydrogen (secondary N) is 2. The van der Waals surface area contributed by atoms with Crippen LogP contribution in [0.3, 0.4) is 0 Å². The molecule has 0 aromatic heterocycles. The van der Waals surface area contributed by atoms with Crippen molar-refractivity contribution in [3.8, 4) is 5.75 Å². The number of anilines is 1. The predicted molar refractivity (Wildman–Crippen MR) is 89.3 cm³/mol. The fourth-order valence-electron chi connectivity index (χ4n) is 2.20. The van der Waals surface area contributed by atoms with Gasteiger partial charge in [0.05, 0.1) is 18.8 Å². The molecule has 5 nitrogen and oxygen atoms in total. The Balaban J connectivity index is 2.03. The summed E-state index contributed by atoms with van der Waals surface area (Å²) in [6.07, 6.45) is 0. The second kappa shape index (κ2) is 7.59. The summed E-state index contributed by atoms with van der Waals surface area (Å²) < 4.78 is 18.1. The first-order valence-corrected chi connectivity index (χ1v) is 7.42. The van der Waals surface area contributed by atoms with Crippen molar-refractivity contribution in [2.45, 2.75) is 19.9 Å². The number of hydrogen-bond donors (Lipinski definition) is 2. The van der Waals surface area contributed by atoms with Crippen LogP contribution in [-0.4, -0.2) is 18.9 Å². The van der Waals surface area contributed by atoms with Crippen LogP contribution in [0.1, 0.15) is 24.1 Å². The van der Waals surface area contributed by atoms with E-state index >= 15 is 0 Å². The first-order chi connectivity index (χ1) is 11.4. The number of benzene rings is 2. The van der Waals surface area contributed by atoms with Gasteiger partial charge in [0.15, 0.2) is 0 Å². The molecule has 2 aromatic carbocycles. The van der Waals surface area contributed by atoms with Crippen LogP contribution in [0.2, 0.25) is 0 Å². The van der Waals surface area contributed by atoms with Gasteiger partial charge in [0, 0.05) is 0 Å². The normalized spacial score (nSPS) is 11.5. The summed E-state index contributed by atoms with van der Waals surface area (Å²) >= 11 is 0. The van der Waals surface area contributed by atoms with Crippen LogP contribution in [0.4, 0.5) is 10.1 Å². The highest BCUT2D eigenvalue weighted by Crippen LogP contribution is 2.25. The summed E-state index contributed by atoms with van der Waals surface area (Å²) in [5.41, 5.74) is 2.05. The van der Waals surface area contributed by atoms with Crippen molar-refractivity contribution >= 4 is 17.5 Å². The summed E-state index contributed by atoms with van der Waals surface area (Å²) in [7, 11) is 1.48. The number of carbonyl (C=O) groups excluding carboxylic acids is 2. The number of amides is 2. The van der Waals surface area contributed by atoms with Gasteiger partial charge in [-0.05, 0) is 49.2 Å². The highest BCUT2D eigenvalue weighted by atomic mass is 19.1. The molecular formula is C18H19FN2O3. The van der Waals surface area contributed by atoms with Gasteiger partial charge in [0.2, 0.25) is 0 Å². The number of halogens is 1. The highest BCUT2D eigenvalue weighted by Gasteiger charge is 2.18. The largest absolute Gasteiger partial charge is 0.495 e. The molecular weight excluding hydrogens is 311 g/mol. The van der Waals surface area contributed by atoms with E-state index in [1.165, 1.54) is 19.2 Å². The average molecular weight is 330 g/mol. The molecule has 2 amide bonds. The number of ether oxygens (including phenoxy) is 1. The van der Waals surface area contributed by atoms with E-state index in [1.807, 2.05) is 13.0 Å². The molecule has 0 aliphatic rings.